The molecule has 0 bridgehead atoms. The van der Waals surface area contributed by atoms with E-state index in [4.69, 9.17) is 4.42 Å². The molecule has 4 heterocycles. The lowest BCUT2D eigenvalue weighted by Gasteiger charge is -2.43. The van der Waals surface area contributed by atoms with Gasteiger partial charge in [-0.2, -0.15) is 0 Å². The zero-order chi connectivity index (χ0) is 50.2. The Hall–Kier alpha value is -7.02. The highest BCUT2D eigenvalue weighted by Gasteiger charge is 2.46. The van der Waals surface area contributed by atoms with Crippen LogP contribution in [0.25, 0.3) is 32.0 Å². The average Bonchev–Trinajstić information content (AvgIpc) is 3.92. The first kappa shape index (κ1) is 46.1. The average molecular weight is 958 g/mol. The van der Waals surface area contributed by atoms with Crippen LogP contribution in [0.1, 0.15) is 105 Å². The van der Waals surface area contributed by atoms with Crippen LogP contribution in [0.15, 0.2) is 174 Å². The summed E-state index contributed by atoms with van der Waals surface area (Å²) in [6, 6.07) is 64.3. The van der Waals surface area contributed by atoms with Crippen molar-refractivity contribution < 1.29 is 4.42 Å². The first-order valence-corrected chi connectivity index (χ1v) is 26.5. The number of hydrogen-bond acceptors (Lipinski definition) is 5. The van der Waals surface area contributed by atoms with Crippen molar-refractivity contribution in [3.63, 3.8) is 0 Å². The molecule has 0 unspecified atom stereocenters. The van der Waals surface area contributed by atoms with Gasteiger partial charge in [-0.1, -0.05) is 168 Å². The summed E-state index contributed by atoms with van der Waals surface area (Å²) in [6.07, 6.45) is 0. The Kier molecular flexibility index (Phi) is 10.4. The van der Waals surface area contributed by atoms with Crippen molar-refractivity contribution in [1.82, 2.24) is 0 Å². The minimum Gasteiger partial charge on any atom is -0.454 e. The van der Waals surface area contributed by atoms with Gasteiger partial charge in [-0.05, 0) is 140 Å². The topological polar surface area (TPSA) is 22.9 Å². The molecule has 358 valence electrons. The molecule has 0 atom stereocenters. The van der Waals surface area contributed by atoms with E-state index in [1.807, 2.05) is 11.3 Å². The first-order valence-electron chi connectivity index (χ1n) is 25.7. The van der Waals surface area contributed by atoms with Crippen LogP contribution in [-0.4, -0.2) is 6.71 Å². The predicted octanol–water partition coefficient (Wildman–Crippen LogP) is 17.5. The lowest BCUT2D eigenvalue weighted by molar-refractivity contribution is 0.590. The van der Waals surface area contributed by atoms with E-state index in [-0.39, 0.29) is 28.4 Å². The normalized spacial score (nSPS) is 13.8. The van der Waals surface area contributed by atoms with E-state index in [2.05, 4.69) is 268 Å². The number of fused-ring (bicyclic) bond motifs is 9. The highest BCUT2D eigenvalue weighted by atomic mass is 32.1. The number of para-hydroxylation sites is 2. The van der Waals surface area contributed by atoms with Crippen LogP contribution in [0.5, 0.6) is 0 Å². The Morgan fingerprint density at radius 2 is 0.944 bits per heavy atom. The summed E-state index contributed by atoms with van der Waals surface area (Å²) >= 11 is 1.94. The van der Waals surface area contributed by atoms with Crippen molar-refractivity contribution in [2.45, 2.75) is 105 Å². The molecule has 0 saturated heterocycles. The smallest absolute Gasteiger partial charge is 0.264 e. The monoisotopic (exact) mass is 957 g/mol. The molecule has 2 aliphatic heterocycles. The molecule has 4 nitrogen and oxygen atoms in total. The first-order chi connectivity index (χ1) is 34.2. The Morgan fingerprint density at radius 1 is 0.431 bits per heavy atom. The van der Waals surface area contributed by atoms with Crippen LogP contribution in [0.3, 0.4) is 0 Å². The molecule has 0 spiro atoms. The van der Waals surface area contributed by atoms with Gasteiger partial charge < -0.3 is 19.1 Å². The number of rotatable bonds is 5. The molecule has 0 radical (unpaired) electrons. The summed E-state index contributed by atoms with van der Waals surface area (Å²) < 4.78 is 9.54. The number of furan rings is 1. The maximum Gasteiger partial charge on any atom is 0.264 e. The lowest BCUT2D eigenvalue weighted by atomic mass is 9.36. The van der Waals surface area contributed by atoms with E-state index in [0.717, 1.165) is 50.4 Å². The summed E-state index contributed by atoms with van der Waals surface area (Å²) in [6.45, 7) is 27.5. The summed E-state index contributed by atoms with van der Waals surface area (Å²) in [5.41, 5.74) is 20.0. The second-order valence-corrected chi connectivity index (χ2v) is 25.4. The van der Waals surface area contributed by atoms with Crippen molar-refractivity contribution >= 4 is 117 Å². The van der Waals surface area contributed by atoms with Crippen molar-refractivity contribution in [3.05, 3.63) is 192 Å². The van der Waals surface area contributed by atoms with E-state index in [0.29, 0.717) is 0 Å². The van der Waals surface area contributed by atoms with Crippen molar-refractivity contribution in [2.24, 2.45) is 0 Å². The summed E-state index contributed by atoms with van der Waals surface area (Å²) in [5, 5.41) is 3.52. The Bertz CT molecular complexity index is 3680. The number of nitrogens with zero attached hydrogens (tertiary/aromatic N) is 3. The highest BCUT2D eigenvalue weighted by molar-refractivity contribution is 7.33. The van der Waals surface area contributed by atoms with Gasteiger partial charge in [0.05, 0.1) is 11.4 Å². The van der Waals surface area contributed by atoms with Crippen molar-refractivity contribution in [1.29, 1.82) is 0 Å². The van der Waals surface area contributed by atoms with Gasteiger partial charge in [0, 0.05) is 65.4 Å². The van der Waals surface area contributed by atoms with Crippen LogP contribution in [0.4, 0.5) is 51.2 Å². The summed E-state index contributed by atoms with van der Waals surface area (Å²) in [7, 11) is 0. The third-order valence-electron chi connectivity index (χ3n) is 15.3. The van der Waals surface area contributed by atoms with E-state index in [1.165, 1.54) is 70.8 Å². The van der Waals surface area contributed by atoms with Gasteiger partial charge in [-0.3, -0.25) is 0 Å². The number of hydrogen-bond donors (Lipinski definition) is 0. The lowest BCUT2D eigenvalue weighted by Crippen LogP contribution is -2.60. The standard InChI is InChI=1S/C66H64BN3OS/c1-63(2,3)41-23-30-45(31-24-41)68(46-32-25-42(26-33-46)64(4,5)6)48-36-37-52-56(40-48)69(47-34-27-43(28-35-47)65(7,8)9)53-19-16-20-54-59(53)67(52)62-60(51-39-44(66(10,11)12)29-38-58(51)72-62)70(54)55-21-15-18-50-49-17-13-14-22-57(49)71-61(50)55/h13-40H,1-12H3. The van der Waals surface area contributed by atoms with E-state index < -0.39 is 0 Å². The zero-order valence-electron chi connectivity index (χ0n) is 43.9. The Balaban J connectivity index is 1.14. The van der Waals surface area contributed by atoms with Crippen molar-refractivity contribution in [2.75, 3.05) is 14.7 Å². The molecule has 12 rings (SSSR count). The molecule has 0 saturated carbocycles. The second kappa shape index (κ2) is 16.2. The minimum absolute atomic E-state index is 0.0106. The van der Waals surface area contributed by atoms with Crippen LogP contribution in [-0.2, 0) is 21.7 Å². The molecule has 6 heteroatoms. The van der Waals surface area contributed by atoms with Crippen LogP contribution in [0, 0.1) is 0 Å². The quantitative estimate of drug-likeness (QED) is 0.160. The molecule has 8 aromatic carbocycles. The number of thiophene rings is 1. The molecule has 0 amide bonds. The predicted molar refractivity (Wildman–Crippen MR) is 313 cm³/mol. The van der Waals surface area contributed by atoms with Crippen molar-refractivity contribution in [3.8, 4) is 0 Å². The van der Waals surface area contributed by atoms with E-state index >= 15 is 0 Å². The van der Waals surface area contributed by atoms with Crippen LogP contribution in [0.2, 0.25) is 0 Å². The molecule has 2 aromatic heterocycles. The van der Waals surface area contributed by atoms with Gasteiger partial charge in [-0.25, -0.2) is 0 Å². The molecule has 10 aromatic rings. The molecular formula is C66H64BN3OS. The Morgan fingerprint density at radius 3 is 1.56 bits per heavy atom. The van der Waals surface area contributed by atoms with Crippen LogP contribution >= 0.6 is 11.3 Å². The molecular weight excluding hydrogens is 894 g/mol. The summed E-state index contributed by atoms with van der Waals surface area (Å²) in [4.78, 5) is 7.53. The SMILES string of the molecule is CC(C)(C)c1ccc(N(c2ccc(C(C)(C)C)cc2)c2ccc3c(c2)N(c2ccc(C(C)(C)C)cc2)c2cccc4c2B3c2sc3ccc(C(C)(C)C)cc3c2N4c2cccc3c2oc2ccccc23)cc1. The van der Waals surface area contributed by atoms with Gasteiger partial charge >= 0.3 is 0 Å². The maximum atomic E-state index is 6.92. The van der Waals surface area contributed by atoms with Gasteiger partial charge in [0.1, 0.15) is 5.58 Å². The molecule has 0 aliphatic carbocycles. The zero-order valence-corrected chi connectivity index (χ0v) is 44.7. The van der Waals surface area contributed by atoms with E-state index in [1.54, 1.807) is 0 Å². The minimum atomic E-state index is -0.0347. The fraction of sp³-hybridized carbons (Fsp3) is 0.242. The Labute approximate surface area is 430 Å². The molecule has 72 heavy (non-hydrogen) atoms. The van der Waals surface area contributed by atoms with Gasteiger partial charge in [0.15, 0.2) is 5.58 Å². The molecule has 0 N–H and O–H groups in total. The van der Waals surface area contributed by atoms with Gasteiger partial charge in [-0.15, -0.1) is 11.3 Å². The second-order valence-electron chi connectivity index (χ2n) is 24.3. The maximum absolute atomic E-state index is 6.92. The van der Waals surface area contributed by atoms with Gasteiger partial charge in [0.25, 0.3) is 6.71 Å². The molecule has 0 fully saturated rings. The number of anilines is 9. The largest absolute Gasteiger partial charge is 0.454 e. The highest BCUT2D eigenvalue weighted by Crippen LogP contribution is 2.51. The molecule has 2 aliphatic rings. The number of benzene rings is 8. The van der Waals surface area contributed by atoms with E-state index in [9.17, 15) is 0 Å². The third kappa shape index (κ3) is 7.47. The third-order valence-corrected chi connectivity index (χ3v) is 16.5. The van der Waals surface area contributed by atoms with Crippen LogP contribution < -0.4 is 30.4 Å². The fourth-order valence-corrected chi connectivity index (χ4v) is 12.5. The fourth-order valence-electron chi connectivity index (χ4n) is 11.2. The van der Waals surface area contributed by atoms with Gasteiger partial charge in [0.2, 0.25) is 0 Å². The summed E-state index contributed by atoms with van der Waals surface area (Å²) in [5.74, 6) is 0.